The van der Waals surface area contributed by atoms with E-state index in [0.717, 1.165) is 17.4 Å². The highest BCUT2D eigenvalue weighted by Gasteiger charge is 2.11. The molecule has 2 rings (SSSR count). The van der Waals surface area contributed by atoms with Crippen LogP contribution in [0.15, 0.2) is 42.5 Å². The maximum absolute atomic E-state index is 13.6. The summed E-state index contributed by atoms with van der Waals surface area (Å²) in [5, 5.41) is 3.21. The summed E-state index contributed by atoms with van der Waals surface area (Å²) in [4.78, 5) is 0. The number of methoxy groups -OCH3 is 1. The Hall–Kier alpha value is -1.94. The summed E-state index contributed by atoms with van der Waals surface area (Å²) in [5.74, 6) is -0.292. The lowest BCUT2D eigenvalue weighted by molar-refractivity contribution is 0.414. The maximum Gasteiger partial charge on any atom is 0.130 e. The number of benzene rings is 2. The smallest absolute Gasteiger partial charge is 0.130 e. The average molecular weight is 277 g/mol. The minimum atomic E-state index is -0.561. The third-order valence-corrected chi connectivity index (χ3v) is 3.20. The normalized spacial score (nSPS) is 12.2. The van der Waals surface area contributed by atoms with E-state index in [4.69, 9.17) is 4.74 Å². The van der Waals surface area contributed by atoms with Crippen LogP contribution in [0.3, 0.4) is 0 Å². The van der Waals surface area contributed by atoms with Crippen molar-refractivity contribution in [2.75, 3.05) is 7.11 Å². The summed E-state index contributed by atoms with van der Waals surface area (Å²) in [6.45, 7) is 2.45. The van der Waals surface area contributed by atoms with Crippen molar-refractivity contribution in [3.05, 3.63) is 65.2 Å². The van der Waals surface area contributed by atoms with Crippen LogP contribution in [0.2, 0.25) is 0 Å². The summed E-state index contributed by atoms with van der Waals surface area (Å²) in [7, 11) is 1.62. The van der Waals surface area contributed by atoms with Gasteiger partial charge in [-0.3, -0.25) is 0 Å². The number of ether oxygens (including phenoxy) is 1. The summed E-state index contributed by atoms with van der Waals surface area (Å²) in [6.07, 6.45) is 0. The van der Waals surface area contributed by atoms with E-state index in [1.165, 1.54) is 12.1 Å². The molecule has 0 spiro atoms. The Morgan fingerprint density at radius 1 is 1.10 bits per heavy atom. The van der Waals surface area contributed by atoms with E-state index in [1.54, 1.807) is 7.11 Å². The third kappa shape index (κ3) is 3.54. The molecular formula is C16H17F2NO. The third-order valence-electron chi connectivity index (χ3n) is 3.20. The van der Waals surface area contributed by atoms with Crippen molar-refractivity contribution in [3.8, 4) is 5.75 Å². The van der Waals surface area contributed by atoms with Crippen LogP contribution in [0, 0.1) is 11.6 Å². The first kappa shape index (κ1) is 14.5. The first-order valence-electron chi connectivity index (χ1n) is 6.41. The van der Waals surface area contributed by atoms with E-state index in [1.807, 2.05) is 31.2 Å². The van der Waals surface area contributed by atoms with E-state index >= 15 is 0 Å². The molecule has 0 saturated heterocycles. The van der Waals surface area contributed by atoms with Gasteiger partial charge in [-0.1, -0.05) is 18.2 Å². The van der Waals surface area contributed by atoms with Crippen molar-refractivity contribution in [1.29, 1.82) is 0 Å². The molecule has 1 atom stereocenters. The largest absolute Gasteiger partial charge is 0.497 e. The molecule has 2 aromatic rings. The Morgan fingerprint density at radius 2 is 1.80 bits per heavy atom. The van der Waals surface area contributed by atoms with Crippen molar-refractivity contribution in [2.45, 2.75) is 19.5 Å². The van der Waals surface area contributed by atoms with Crippen LogP contribution in [-0.4, -0.2) is 7.11 Å². The molecule has 0 aromatic heterocycles. The molecule has 0 bridgehead atoms. The first-order valence-corrected chi connectivity index (χ1v) is 6.41. The van der Waals surface area contributed by atoms with Gasteiger partial charge in [-0.2, -0.15) is 0 Å². The summed E-state index contributed by atoms with van der Waals surface area (Å²) in [6, 6.07) is 11.1. The summed E-state index contributed by atoms with van der Waals surface area (Å²) < 4.78 is 31.6. The van der Waals surface area contributed by atoms with E-state index in [9.17, 15) is 8.78 Å². The van der Waals surface area contributed by atoms with Crippen LogP contribution in [-0.2, 0) is 6.54 Å². The fraction of sp³-hybridized carbons (Fsp3) is 0.250. The highest BCUT2D eigenvalue weighted by molar-refractivity contribution is 5.27. The van der Waals surface area contributed by atoms with Crippen LogP contribution in [0.1, 0.15) is 24.1 Å². The van der Waals surface area contributed by atoms with Crippen molar-refractivity contribution in [2.24, 2.45) is 0 Å². The molecule has 0 heterocycles. The van der Waals surface area contributed by atoms with Gasteiger partial charge in [0, 0.05) is 24.2 Å². The lowest BCUT2D eigenvalue weighted by Crippen LogP contribution is -2.19. The fourth-order valence-corrected chi connectivity index (χ4v) is 1.98. The topological polar surface area (TPSA) is 21.3 Å². The van der Waals surface area contributed by atoms with Gasteiger partial charge in [-0.25, -0.2) is 8.78 Å². The molecule has 106 valence electrons. The maximum atomic E-state index is 13.6. The van der Waals surface area contributed by atoms with Gasteiger partial charge < -0.3 is 10.1 Å². The predicted octanol–water partition coefficient (Wildman–Crippen LogP) is 3.82. The van der Waals surface area contributed by atoms with Crippen LogP contribution in [0.4, 0.5) is 8.78 Å². The highest BCUT2D eigenvalue weighted by atomic mass is 19.1. The van der Waals surface area contributed by atoms with Gasteiger partial charge >= 0.3 is 0 Å². The Kier molecular flexibility index (Phi) is 4.69. The Balaban J connectivity index is 1.98. The van der Waals surface area contributed by atoms with Crippen molar-refractivity contribution >= 4 is 0 Å². The van der Waals surface area contributed by atoms with Crippen molar-refractivity contribution < 1.29 is 13.5 Å². The van der Waals surface area contributed by atoms with E-state index in [-0.39, 0.29) is 6.04 Å². The molecule has 1 unspecified atom stereocenters. The first-order chi connectivity index (χ1) is 9.60. The second-order valence-electron chi connectivity index (χ2n) is 4.62. The lowest BCUT2D eigenvalue weighted by atomic mass is 10.1. The fourth-order valence-electron chi connectivity index (χ4n) is 1.98. The monoisotopic (exact) mass is 277 g/mol. The van der Waals surface area contributed by atoms with E-state index in [0.29, 0.717) is 12.1 Å². The molecule has 2 nitrogen and oxygen atoms in total. The van der Waals surface area contributed by atoms with Gasteiger partial charge in [0.05, 0.1) is 7.11 Å². The molecule has 0 fully saturated rings. The number of hydrogen-bond acceptors (Lipinski definition) is 2. The lowest BCUT2D eigenvalue weighted by Gasteiger charge is -2.15. The molecule has 0 aliphatic heterocycles. The molecule has 0 aliphatic carbocycles. The zero-order chi connectivity index (χ0) is 14.5. The average Bonchev–Trinajstić information content (AvgIpc) is 2.45. The molecule has 2 aromatic carbocycles. The Bertz CT molecular complexity index is 569. The van der Waals surface area contributed by atoms with Crippen LogP contribution < -0.4 is 10.1 Å². The van der Waals surface area contributed by atoms with Gasteiger partial charge in [0.2, 0.25) is 0 Å². The number of rotatable bonds is 5. The number of halogens is 2. The van der Waals surface area contributed by atoms with Gasteiger partial charge in [0.25, 0.3) is 0 Å². The van der Waals surface area contributed by atoms with Gasteiger partial charge in [-0.05, 0) is 30.7 Å². The molecule has 1 N–H and O–H groups in total. The summed E-state index contributed by atoms with van der Waals surface area (Å²) >= 11 is 0. The molecular weight excluding hydrogens is 260 g/mol. The quantitative estimate of drug-likeness (QED) is 0.897. The highest BCUT2D eigenvalue weighted by Crippen LogP contribution is 2.18. The van der Waals surface area contributed by atoms with Crippen LogP contribution >= 0.6 is 0 Å². The second-order valence-corrected chi connectivity index (χ2v) is 4.62. The van der Waals surface area contributed by atoms with Crippen molar-refractivity contribution in [3.63, 3.8) is 0 Å². The van der Waals surface area contributed by atoms with E-state index < -0.39 is 11.6 Å². The molecule has 0 radical (unpaired) electrons. The SMILES string of the molecule is COc1ccc(CNC(C)c2ccc(F)cc2F)cc1. The minimum absolute atomic E-state index is 0.197. The van der Waals surface area contributed by atoms with Gasteiger partial charge in [0.1, 0.15) is 17.4 Å². The molecule has 20 heavy (non-hydrogen) atoms. The van der Waals surface area contributed by atoms with Crippen LogP contribution in [0.5, 0.6) is 5.75 Å². The number of hydrogen-bond donors (Lipinski definition) is 1. The Morgan fingerprint density at radius 3 is 2.40 bits per heavy atom. The zero-order valence-electron chi connectivity index (χ0n) is 11.5. The molecule has 0 amide bonds. The predicted molar refractivity (Wildman–Crippen MR) is 74.6 cm³/mol. The van der Waals surface area contributed by atoms with Crippen LogP contribution in [0.25, 0.3) is 0 Å². The number of nitrogens with one attached hydrogen (secondary N) is 1. The standard InChI is InChI=1S/C16H17F2NO/c1-11(15-8-5-13(17)9-16(15)18)19-10-12-3-6-14(20-2)7-4-12/h3-9,11,19H,10H2,1-2H3. The Labute approximate surface area is 117 Å². The summed E-state index contributed by atoms with van der Waals surface area (Å²) in [5.41, 5.74) is 1.53. The molecule has 0 aliphatic rings. The molecule has 0 saturated carbocycles. The van der Waals surface area contributed by atoms with E-state index in [2.05, 4.69) is 5.32 Å². The van der Waals surface area contributed by atoms with Gasteiger partial charge in [0.15, 0.2) is 0 Å². The van der Waals surface area contributed by atoms with Gasteiger partial charge in [-0.15, -0.1) is 0 Å². The molecule has 4 heteroatoms. The second kappa shape index (κ2) is 6.48. The zero-order valence-corrected chi connectivity index (χ0v) is 11.5. The van der Waals surface area contributed by atoms with Crippen molar-refractivity contribution in [1.82, 2.24) is 5.32 Å². The minimum Gasteiger partial charge on any atom is -0.497 e.